The Hall–Kier alpha value is -2.95. The minimum atomic E-state index is -0.288. The van der Waals surface area contributed by atoms with Gasteiger partial charge < -0.3 is 0 Å². The van der Waals surface area contributed by atoms with E-state index < -0.39 is 0 Å². The first-order valence-electron chi connectivity index (χ1n) is 6.16. The van der Waals surface area contributed by atoms with Gasteiger partial charge in [0.2, 0.25) is 0 Å². The van der Waals surface area contributed by atoms with Gasteiger partial charge in [0.15, 0.2) is 0 Å². The Bertz CT molecular complexity index is 831. The molecular formula is C15H9N3O2. The van der Waals surface area contributed by atoms with Crippen LogP contribution < -0.4 is 4.90 Å². The van der Waals surface area contributed by atoms with Gasteiger partial charge in [0.05, 0.1) is 28.5 Å². The van der Waals surface area contributed by atoms with Gasteiger partial charge in [-0.2, -0.15) is 5.10 Å². The zero-order valence-electron chi connectivity index (χ0n) is 10.3. The number of carbonyl (C=O) groups is 2. The highest BCUT2D eigenvalue weighted by Gasteiger charge is 2.36. The van der Waals surface area contributed by atoms with E-state index in [4.69, 9.17) is 0 Å². The number of fused-ring (bicyclic) bond motifs is 2. The maximum Gasteiger partial charge on any atom is 0.266 e. The molecule has 0 saturated heterocycles. The first-order chi connectivity index (χ1) is 9.75. The van der Waals surface area contributed by atoms with Crippen molar-refractivity contribution >= 4 is 28.4 Å². The van der Waals surface area contributed by atoms with Crippen molar-refractivity contribution in [2.45, 2.75) is 0 Å². The summed E-state index contributed by atoms with van der Waals surface area (Å²) in [5.41, 5.74) is 2.23. The van der Waals surface area contributed by atoms with E-state index in [-0.39, 0.29) is 11.8 Å². The zero-order chi connectivity index (χ0) is 13.7. The van der Waals surface area contributed by atoms with Crippen LogP contribution in [0.15, 0.2) is 48.7 Å². The number of hydrogen-bond donors (Lipinski definition) is 1. The number of amides is 2. The summed E-state index contributed by atoms with van der Waals surface area (Å²) < 4.78 is 0. The molecule has 2 heterocycles. The summed E-state index contributed by atoms with van der Waals surface area (Å²) in [7, 11) is 0. The predicted molar refractivity (Wildman–Crippen MR) is 73.7 cm³/mol. The van der Waals surface area contributed by atoms with E-state index in [1.54, 1.807) is 42.6 Å². The van der Waals surface area contributed by atoms with Crippen LogP contribution in [-0.4, -0.2) is 22.0 Å². The van der Waals surface area contributed by atoms with Crippen molar-refractivity contribution in [2.24, 2.45) is 0 Å². The normalized spacial score (nSPS) is 14.1. The van der Waals surface area contributed by atoms with Gasteiger partial charge in [-0.25, -0.2) is 4.90 Å². The molecule has 0 radical (unpaired) electrons. The highest BCUT2D eigenvalue weighted by atomic mass is 16.2. The van der Waals surface area contributed by atoms with Gasteiger partial charge in [-0.05, 0) is 30.3 Å². The van der Waals surface area contributed by atoms with Crippen LogP contribution >= 0.6 is 0 Å². The monoisotopic (exact) mass is 263 g/mol. The van der Waals surface area contributed by atoms with Crippen molar-refractivity contribution in [1.29, 1.82) is 0 Å². The van der Waals surface area contributed by atoms with Crippen LogP contribution in [0.5, 0.6) is 0 Å². The van der Waals surface area contributed by atoms with Crippen LogP contribution in [-0.2, 0) is 0 Å². The van der Waals surface area contributed by atoms with Gasteiger partial charge in [-0.3, -0.25) is 14.7 Å². The molecule has 1 N–H and O–H groups in total. The van der Waals surface area contributed by atoms with Crippen LogP contribution in [0.3, 0.4) is 0 Å². The van der Waals surface area contributed by atoms with E-state index in [1.165, 1.54) is 4.90 Å². The fourth-order valence-electron chi connectivity index (χ4n) is 2.49. The Morgan fingerprint density at radius 2 is 1.65 bits per heavy atom. The molecule has 0 atom stereocenters. The number of aromatic nitrogens is 2. The van der Waals surface area contributed by atoms with E-state index in [1.807, 2.05) is 6.07 Å². The van der Waals surface area contributed by atoms with Gasteiger partial charge in [-0.1, -0.05) is 12.1 Å². The second-order valence-corrected chi connectivity index (χ2v) is 4.63. The topological polar surface area (TPSA) is 66.1 Å². The van der Waals surface area contributed by atoms with Gasteiger partial charge in [0.1, 0.15) is 0 Å². The first kappa shape index (κ1) is 10.9. The third kappa shape index (κ3) is 1.34. The lowest BCUT2D eigenvalue weighted by molar-refractivity contribution is 0.0926. The van der Waals surface area contributed by atoms with Crippen molar-refractivity contribution in [2.75, 3.05) is 4.90 Å². The minimum Gasteiger partial charge on any atom is -0.278 e. The smallest absolute Gasteiger partial charge is 0.266 e. The number of H-pyrrole nitrogens is 1. The van der Waals surface area contributed by atoms with Crippen LogP contribution in [0.1, 0.15) is 20.7 Å². The summed E-state index contributed by atoms with van der Waals surface area (Å²) in [6.07, 6.45) is 1.70. The Morgan fingerprint density at radius 3 is 2.35 bits per heavy atom. The number of nitrogens with one attached hydrogen (secondary N) is 1. The third-order valence-electron chi connectivity index (χ3n) is 3.48. The maximum atomic E-state index is 12.4. The number of nitrogens with zero attached hydrogens (tertiary/aromatic N) is 2. The molecular weight excluding hydrogens is 254 g/mol. The molecule has 1 aliphatic heterocycles. The average molecular weight is 263 g/mol. The summed E-state index contributed by atoms with van der Waals surface area (Å²) in [5.74, 6) is -0.575. The van der Waals surface area contributed by atoms with Crippen molar-refractivity contribution in [3.63, 3.8) is 0 Å². The largest absolute Gasteiger partial charge is 0.278 e. The minimum absolute atomic E-state index is 0.288. The number of carbonyl (C=O) groups excluding carboxylic acids is 2. The van der Waals surface area contributed by atoms with Crippen molar-refractivity contribution < 1.29 is 9.59 Å². The molecule has 2 aromatic carbocycles. The second-order valence-electron chi connectivity index (χ2n) is 4.63. The van der Waals surface area contributed by atoms with E-state index in [2.05, 4.69) is 10.2 Å². The fourth-order valence-corrected chi connectivity index (χ4v) is 2.49. The number of anilines is 1. The third-order valence-corrected chi connectivity index (χ3v) is 3.48. The van der Waals surface area contributed by atoms with Crippen molar-refractivity contribution in [1.82, 2.24) is 10.2 Å². The Balaban J connectivity index is 1.87. The molecule has 5 heteroatoms. The molecule has 1 aliphatic rings. The van der Waals surface area contributed by atoms with E-state index in [9.17, 15) is 9.59 Å². The molecule has 96 valence electrons. The summed E-state index contributed by atoms with van der Waals surface area (Å²) in [6, 6.07) is 12.2. The first-order valence-corrected chi connectivity index (χ1v) is 6.16. The summed E-state index contributed by atoms with van der Waals surface area (Å²) in [5, 5.41) is 7.70. The molecule has 4 rings (SSSR count). The summed E-state index contributed by atoms with van der Waals surface area (Å²) >= 11 is 0. The van der Waals surface area contributed by atoms with Crippen LogP contribution in [0.25, 0.3) is 10.9 Å². The number of imide groups is 1. The predicted octanol–water partition coefficient (Wildman–Crippen LogP) is 2.36. The highest BCUT2D eigenvalue weighted by Crippen LogP contribution is 2.29. The molecule has 0 unspecified atom stereocenters. The van der Waals surface area contributed by atoms with Gasteiger partial charge in [-0.15, -0.1) is 0 Å². The molecule has 0 bridgehead atoms. The van der Waals surface area contributed by atoms with Gasteiger partial charge in [0, 0.05) is 5.39 Å². The molecule has 20 heavy (non-hydrogen) atoms. The Morgan fingerprint density at radius 1 is 0.950 bits per heavy atom. The quantitative estimate of drug-likeness (QED) is 0.685. The molecule has 0 saturated carbocycles. The van der Waals surface area contributed by atoms with E-state index >= 15 is 0 Å². The zero-order valence-corrected chi connectivity index (χ0v) is 10.3. The molecule has 5 nitrogen and oxygen atoms in total. The van der Waals surface area contributed by atoms with Crippen molar-refractivity contribution in [3.8, 4) is 0 Å². The van der Waals surface area contributed by atoms with Gasteiger partial charge >= 0.3 is 0 Å². The SMILES string of the molecule is O=C1c2ccccc2C(=O)N1c1ccc2cn[nH]c2c1. The number of aromatic amines is 1. The number of rotatable bonds is 1. The lowest BCUT2D eigenvalue weighted by atomic mass is 10.1. The van der Waals surface area contributed by atoms with E-state index in [0.717, 1.165) is 10.9 Å². The highest BCUT2D eigenvalue weighted by molar-refractivity contribution is 6.34. The van der Waals surface area contributed by atoms with Crippen LogP contribution in [0.4, 0.5) is 5.69 Å². The number of hydrogen-bond acceptors (Lipinski definition) is 3. The Labute approximate surface area is 113 Å². The lowest BCUT2D eigenvalue weighted by Gasteiger charge is -2.13. The molecule has 3 aromatic rings. The fraction of sp³-hybridized carbons (Fsp3) is 0. The molecule has 0 fully saturated rings. The van der Waals surface area contributed by atoms with Gasteiger partial charge in [0.25, 0.3) is 11.8 Å². The second kappa shape index (κ2) is 3.77. The average Bonchev–Trinajstić information content (AvgIpc) is 3.03. The lowest BCUT2D eigenvalue weighted by Crippen LogP contribution is -2.29. The van der Waals surface area contributed by atoms with Crippen molar-refractivity contribution in [3.05, 3.63) is 59.8 Å². The standard InChI is InChI=1S/C15H9N3O2/c19-14-11-3-1-2-4-12(11)15(20)18(14)10-6-5-9-8-16-17-13(9)7-10/h1-8H,(H,16,17). The molecule has 0 spiro atoms. The maximum absolute atomic E-state index is 12.4. The van der Waals surface area contributed by atoms with Crippen LogP contribution in [0, 0.1) is 0 Å². The summed E-state index contributed by atoms with van der Waals surface area (Å²) in [4.78, 5) is 25.9. The molecule has 0 aliphatic carbocycles. The summed E-state index contributed by atoms with van der Waals surface area (Å²) in [6.45, 7) is 0. The Kier molecular flexibility index (Phi) is 2.06. The van der Waals surface area contributed by atoms with E-state index in [0.29, 0.717) is 16.8 Å². The molecule has 2 amide bonds. The van der Waals surface area contributed by atoms with Crippen LogP contribution in [0.2, 0.25) is 0 Å². The molecule has 1 aromatic heterocycles. The number of benzene rings is 2.